The van der Waals surface area contributed by atoms with Gasteiger partial charge in [0.25, 0.3) is 0 Å². The number of nitrogens with zero attached hydrogens (tertiary/aromatic N) is 1. The Labute approximate surface area is 125 Å². The number of benzene rings is 1. The number of halogens is 1. The fourth-order valence-electron chi connectivity index (χ4n) is 1.74. The van der Waals surface area contributed by atoms with Crippen LogP contribution in [0.5, 0.6) is 5.75 Å². The maximum absolute atomic E-state index is 5.85. The Kier molecular flexibility index (Phi) is 4.96. The van der Waals surface area contributed by atoms with Crippen LogP contribution in [0.25, 0.3) is 0 Å². The molecule has 1 aromatic carbocycles. The lowest BCUT2D eigenvalue weighted by molar-refractivity contribution is 0.320. The first kappa shape index (κ1) is 14.5. The van der Waals surface area contributed by atoms with Crippen LogP contribution < -0.4 is 10.5 Å². The lowest BCUT2D eigenvalue weighted by Crippen LogP contribution is -2.06. The van der Waals surface area contributed by atoms with Gasteiger partial charge in [-0.05, 0) is 47.5 Å². The molecule has 3 nitrogen and oxygen atoms in total. The summed E-state index contributed by atoms with van der Waals surface area (Å²) in [5, 5.41) is 0. The van der Waals surface area contributed by atoms with Crippen molar-refractivity contribution in [3.8, 4) is 5.75 Å². The molecule has 0 aliphatic carbocycles. The quantitative estimate of drug-likeness (QED) is 0.898. The minimum absolute atomic E-state index is 0.0326. The summed E-state index contributed by atoms with van der Waals surface area (Å²) in [6, 6.07) is 6.01. The lowest BCUT2D eigenvalue weighted by Gasteiger charge is -2.11. The summed E-state index contributed by atoms with van der Waals surface area (Å²) in [5.74, 6) is 0.853. The molecule has 1 atom stereocenters. The van der Waals surface area contributed by atoms with E-state index in [1.807, 2.05) is 37.6 Å². The molecular weight excluding hydrogens is 324 g/mol. The third-order valence-electron chi connectivity index (χ3n) is 2.91. The van der Waals surface area contributed by atoms with Gasteiger partial charge in [-0.3, -0.25) is 0 Å². The summed E-state index contributed by atoms with van der Waals surface area (Å²) in [7, 11) is 0. The summed E-state index contributed by atoms with van der Waals surface area (Å²) in [5.41, 5.74) is 9.91. The topological polar surface area (TPSA) is 48.1 Å². The zero-order chi connectivity index (χ0) is 13.8. The highest BCUT2D eigenvalue weighted by molar-refractivity contribution is 9.10. The minimum atomic E-state index is 0.0326. The highest BCUT2D eigenvalue weighted by Gasteiger charge is 2.06. The van der Waals surface area contributed by atoms with Crippen molar-refractivity contribution in [2.45, 2.75) is 26.3 Å². The molecule has 5 heteroatoms. The molecule has 1 aromatic heterocycles. The lowest BCUT2D eigenvalue weighted by atomic mass is 10.1. The Hall–Kier alpha value is -0.910. The van der Waals surface area contributed by atoms with Gasteiger partial charge in [-0.25, -0.2) is 4.98 Å². The molecule has 0 aliphatic rings. The summed E-state index contributed by atoms with van der Waals surface area (Å²) < 4.78 is 6.74. The molecule has 1 heterocycles. The molecule has 0 aliphatic heterocycles. The molecule has 0 bridgehead atoms. The van der Waals surface area contributed by atoms with Gasteiger partial charge in [-0.2, -0.15) is 0 Å². The Morgan fingerprint density at radius 2 is 2.26 bits per heavy atom. The van der Waals surface area contributed by atoms with Gasteiger partial charge in [0.05, 0.1) is 22.3 Å². The van der Waals surface area contributed by atoms with Crippen LogP contribution in [0.1, 0.15) is 29.1 Å². The Bertz CT molecular complexity index is 554. The van der Waals surface area contributed by atoms with Gasteiger partial charge in [-0.15, -0.1) is 11.3 Å². The smallest absolute Gasteiger partial charge is 0.133 e. The average Bonchev–Trinajstić information content (AvgIpc) is 2.77. The Morgan fingerprint density at radius 1 is 1.47 bits per heavy atom. The van der Waals surface area contributed by atoms with Crippen molar-refractivity contribution >= 4 is 27.3 Å². The number of nitrogens with two attached hydrogens (primary N) is 1. The second kappa shape index (κ2) is 6.50. The van der Waals surface area contributed by atoms with Crippen molar-refractivity contribution < 1.29 is 4.74 Å². The molecule has 19 heavy (non-hydrogen) atoms. The zero-order valence-electron chi connectivity index (χ0n) is 11.0. The second-order valence-corrected chi connectivity index (χ2v) is 6.23. The first-order chi connectivity index (χ1) is 9.08. The van der Waals surface area contributed by atoms with Crippen molar-refractivity contribution in [2.24, 2.45) is 5.73 Å². The molecular formula is C14H17BrN2OS. The van der Waals surface area contributed by atoms with Crippen LogP contribution in [0.2, 0.25) is 0 Å². The molecule has 102 valence electrons. The number of ether oxygens (including phenoxy) is 1. The molecule has 0 saturated heterocycles. The number of rotatable bonds is 5. The van der Waals surface area contributed by atoms with Gasteiger partial charge < -0.3 is 10.5 Å². The van der Waals surface area contributed by atoms with E-state index in [9.17, 15) is 0 Å². The third kappa shape index (κ3) is 3.78. The molecule has 2 rings (SSSR count). The molecule has 0 unspecified atom stereocenters. The minimum Gasteiger partial charge on any atom is -0.492 e. The summed E-state index contributed by atoms with van der Waals surface area (Å²) in [4.78, 5) is 5.51. The SMILES string of the molecule is Cc1ncsc1CCOc1ccc([C@@H](C)N)cc1Br. The van der Waals surface area contributed by atoms with Crippen LogP contribution in [-0.4, -0.2) is 11.6 Å². The van der Waals surface area contributed by atoms with Gasteiger partial charge in [0.2, 0.25) is 0 Å². The van der Waals surface area contributed by atoms with Crippen LogP contribution in [0.15, 0.2) is 28.2 Å². The molecule has 2 aromatic rings. The van der Waals surface area contributed by atoms with Crippen molar-refractivity contribution in [1.82, 2.24) is 4.98 Å². The van der Waals surface area contributed by atoms with Gasteiger partial charge in [0.1, 0.15) is 5.75 Å². The Balaban J connectivity index is 1.95. The van der Waals surface area contributed by atoms with Crippen molar-refractivity contribution in [1.29, 1.82) is 0 Å². The van der Waals surface area contributed by atoms with Crippen LogP contribution in [0, 0.1) is 6.92 Å². The monoisotopic (exact) mass is 340 g/mol. The predicted molar refractivity (Wildman–Crippen MR) is 82.8 cm³/mol. The van der Waals surface area contributed by atoms with E-state index in [-0.39, 0.29) is 6.04 Å². The number of aryl methyl sites for hydroxylation is 1. The number of hydrogen-bond acceptors (Lipinski definition) is 4. The normalized spacial score (nSPS) is 12.4. The van der Waals surface area contributed by atoms with Gasteiger partial charge >= 0.3 is 0 Å². The number of thiazole rings is 1. The zero-order valence-corrected chi connectivity index (χ0v) is 13.4. The highest BCUT2D eigenvalue weighted by Crippen LogP contribution is 2.28. The summed E-state index contributed by atoms with van der Waals surface area (Å²) in [6.07, 6.45) is 0.887. The number of aromatic nitrogens is 1. The first-order valence-corrected chi connectivity index (χ1v) is 7.82. The summed E-state index contributed by atoms with van der Waals surface area (Å²) >= 11 is 5.19. The fourth-order valence-corrected chi connectivity index (χ4v) is 3.01. The van der Waals surface area contributed by atoms with Gasteiger partial charge in [0.15, 0.2) is 0 Å². The molecule has 0 fully saturated rings. The van der Waals surface area contributed by atoms with Gasteiger partial charge in [-0.1, -0.05) is 6.07 Å². The van der Waals surface area contributed by atoms with Crippen molar-refractivity contribution in [2.75, 3.05) is 6.61 Å². The molecule has 2 N–H and O–H groups in total. The molecule has 0 amide bonds. The van der Waals surface area contributed by atoms with Gasteiger partial charge in [0, 0.05) is 17.3 Å². The van der Waals surface area contributed by atoms with E-state index in [0.29, 0.717) is 6.61 Å². The second-order valence-electron chi connectivity index (χ2n) is 4.44. The fraction of sp³-hybridized carbons (Fsp3) is 0.357. The Morgan fingerprint density at radius 3 is 2.84 bits per heavy atom. The standard InChI is InChI=1S/C14H17BrN2OS/c1-9(16)11-3-4-13(12(15)7-11)18-6-5-14-10(2)17-8-19-14/h3-4,7-9H,5-6,16H2,1-2H3/t9-/m1/s1. The maximum atomic E-state index is 5.85. The predicted octanol–water partition coefficient (Wildman–Crippen LogP) is 3.86. The van der Waals surface area contributed by atoms with E-state index in [0.717, 1.165) is 27.9 Å². The third-order valence-corrected chi connectivity index (χ3v) is 4.53. The highest BCUT2D eigenvalue weighted by atomic mass is 79.9. The van der Waals surface area contributed by atoms with E-state index in [2.05, 4.69) is 20.9 Å². The maximum Gasteiger partial charge on any atom is 0.133 e. The summed E-state index contributed by atoms with van der Waals surface area (Å²) in [6.45, 7) is 4.65. The van der Waals surface area contributed by atoms with E-state index < -0.39 is 0 Å². The van der Waals surface area contributed by atoms with E-state index in [1.54, 1.807) is 11.3 Å². The van der Waals surface area contributed by atoms with Crippen LogP contribution in [-0.2, 0) is 6.42 Å². The first-order valence-electron chi connectivity index (χ1n) is 6.14. The van der Waals surface area contributed by atoms with E-state index in [1.165, 1.54) is 4.88 Å². The van der Waals surface area contributed by atoms with Crippen LogP contribution in [0.4, 0.5) is 0 Å². The largest absolute Gasteiger partial charge is 0.492 e. The van der Waals surface area contributed by atoms with Crippen LogP contribution >= 0.6 is 27.3 Å². The molecule has 0 radical (unpaired) electrons. The van der Waals surface area contributed by atoms with Crippen molar-refractivity contribution in [3.63, 3.8) is 0 Å². The molecule has 0 spiro atoms. The number of hydrogen-bond donors (Lipinski definition) is 1. The van der Waals surface area contributed by atoms with E-state index in [4.69, 9.17) is 10.5 Å². The van der Waals surface area contributed by atoms with E-state index >= 15 is 0 Å². The average molecular weight is 341 g/mol. The van der Waals surface area contributed by atoms with Crippen molar-refractivity contribution in [3.05, 3.63) is 44.3 Å². The van der Waals surface area contributed by atoms with Crippen LogP contribution in [0.3, 0.4) is 0 Å². The molecule has 0 saturated carbocycles.